The third kappa shape index (κ3) is 2.53. The molecule has 0 radical (unpaired) electrons. The maximum absolute atomic E-state index is 12.7. The number of halogens is 3. The molecule has 5 nitrogen and oxygen atoms in total. The summed E-state index contributed by atoms with van der Waals surface area (Å²) >= 11 is 0. The summed E-state index contributed by atoms with van der Waals surface area (Å²) in [7, 11) is 0.872. The number of methoxy groups -OCH3 is 1. The largest absolute Gasteiger partial charge is 0.495 e. The van der Waals surface area contributed by atoms with Gasteiger partial charge < -0.3 is 14.9 Å². The molecule has 0 aliphatic rings. The van der Waals surface area contributed by atoms with Crippen LogP contribution in [-0.4, -0.2) is 29.3 Å². The smallest absolute Gasteiger partial charge is 0.420 e. The SMILES string of the molecule is COc1c(C(=O)O)cc(C(=O)O)cc1C(F)(F)F. The number of carboxylic acid groups (broad SMARTS) is 2. The van der Waals surface area contributed by atoms with E-state index in [0.29, 0.717) is 12.1 Å². The number of hydrogen-bond acceptors (Lipinski definition) is 3. The van der Waals surface area contributed by atoms with Crippen LogP contribution in [0.2, 0.25) is 0 Å². The third-order valence-corrected chi connectivity index (χ3v) is 2.08. The quantitative estimate of drug-likeness (QED) is 0.873. The van der Waals surface area contributed by atoms with Crippen molar-refractivity contribution < 1.29 is 37.7 Å². The fourth-order valence-electron chi connectivity index (χ4n) is 1.34. The van der Waals surface area contributed by atoms with E-state index >= 15 is 0 Å². The number of aromatic carboxylic acids is 2. The number of alkyl halides is 3. The second-order valence-corrected chi connectivity index (χ2v) is 3.21. The van der Waals surface area contributed by atoms with Crippen molar-refractivity contribution in [2.24, 2.45) is 0 Å². The van der Waals surface area contributed by atoms with Gasteiger partial charge in [0.15, 0.2) is 0 Å². The Labute approximate surface area is 98.4 Å². The van der Waals surface area contributed by atoms with Gasteiger partial charge in [0.05, 0.1) is 18.2 Å². The van der Waals surface area contributed by atoms with Crippen LogP contribution in [0.15, 0.2) is 12.1 Å². The summed E-state index contributed by atoms with van der Waals surface area (Å²) in [6, 6.07) is 0.937. The fourth-order valence-corrected chi connectivity index (χ4v) is 1.34. The van der Waals surface area contributed by atoms with Crippen molar-refractivity contribution in [2.75, 3.05) is 7.11 Å². The van der Waals surface area contributed by atoms with Gasteiger partial charge in [0.1, 0.15) is 11.3 Å². The molecule has 0 aliphatic heterocycles. The first kappa shape index (κ1) is 13.8. The standard InChI is InChI=1S/C10H7F3O5/c1-18-7-5(9(16)17)2-4(8(14)15)3-6(7)10(11,12)13/h2-3H,1H3,(H,14,15)(H,16,17). The lowest BCUT2D eigenvalue weighted by Gasteiger charge is -2.14. The van der Waals surface area contributed by atoms with Crippen LogP contribution >= 0.6 is 0 Å². The monoisotopic (exact) mass is 264 g/mol. The highest BCUT2D eigenvalue weighted by Crippen LogP contribution is 2.39. The van der Waals surface area contributed by atoms with Crippen molar-refractivity contribution >= 4 is 11.9 Å². The molecule has 8 heteroatoms. The Morgan fingerprint density at radius 3 is 2.06 bits per heavy atom. The zero-order valence-corrected chi connectivity index (χ0v) is 8.91. The van der Waals surface area contributed by atoms with Crippen LogP contribution in [0.1, 0.15) is 26.3 Å². The number of rotatable bonds is 3. The van der Waals surface area contributed by atoms with Gasteiger partial charge in [0, 0.05) is 0 Å². The van der Waals surface area contributed by atoms with E-state index in [1.807, 2.05) is 0 Å². The first-order chi connectivity index (χ1) is 8.18. The molecule has 0 atom stereocenters. The summed E-state index contributed by atoms with van der Waals surface area (Å²) in [6.07, 6.45) is -4.92. The van der Waals surface area contributed by atoms with Crippen molar-refractivity contribution in [3.8, 4) is 5.75 Å². The molecule has 0 aliphatic carbocycles. The molecular formula is C10H7F3O5. The predicted molar refractivity (Wildman–Crippen MR) is 51.9 cm³/mol. The lowest BCUT2D eigenvalue weighted by atomic mass is 10.0. The van der Waals surface area contributed by atoms with Crippen molar-refractivity contribution in [2.45, 2.75) is 6.18 Å². The molecule has 1 aromatic rings. The average molecular weight is 264 g/mol. The van der Waals surface area contributed by atoms with E-state index in [1.165, 1.54) is 0 Å². The molecule has 98 valence electrons. The summed E-state index contributed by atoms with van der Waals surface area (Å²) in [5, 5.41) is 17.4. The molecule has 0 heterocycles. The minimum Gasteiger partial charge on any atom is -0.495 e. The Bertz CT molecular complexity index is 507. The maximum atomic E-state index is 12.7. The van der Waals surface area contributed by atoms with Gasteiger partial charge in [-0.2, -0.15) is 13.2 Å². The number of benzene rings is 1. The first-order valence-electron chi connectivity index (χ1n) is 4.44. The van der Waals surface area contributed by atoms with Gasteiger partial charge in [0.2, 0.25) is 0 Å². The lowest BCUT2D eigenvalue weighted by Crippen LogP contribution is -2.14. The highest BCUT2D eigenvalue weighted by atomic mass is 19.4. The van der Waals surface area contributed by atoms with E-state index in [9.17, 15) is 22.8 Å². The molecule has 0 aromatic heterocycles. The normalized spacial score (nSPS) is 11.1. The van der Waals surface area contributed by atoms with Crippen LogP contribution in [0, 0.1) is 0 Å². The highest BCUT2D eigenvalue weighted by Gasteiger charge is 2.37. The minimum absolute atomic E-state index is 0.327. The summed E-state index contributed by atoms with van der Waals surface area (Å²) in [6.45, 7) is 0. The summed E-state index contributed by atoms with van der Waals surface area (Å²) in [5.41, 5.74) is -3.08. The van der Waals surface area contributed by atoms with E-state index in [0.717, 1.165) is 7.11 Å². The zero-order chi connectivity index (χ0) is 14.1. The van der Waals surface area contributed by atoms with Crippen molar-refractivity contribution in [1.82, 2.24) is 0 Å². The average Bonchev–Trinajstić information content (AvgIpc) is 2.25. The van der Waals surface area contributed by atoms with E-state index in [1.54, 1.807) is 0 Å². The molecular weight excluding hydrogens is 257 g/mol. The highest BCUT2D eigenvalue weighted by molar-refractivity contribution is 5.96. The van der Waals surface area contributed by atoms with Crippen molar-refractivity contribution in [3.63, 3.8) is 0 Å². The Morgan fingerprint density at radius 2 is 1.72 bits per heavy atom. The lowest BCUT2D eigenvalue weighted by molar-refractivity contribution is -0.138. The van der Waals surface area contributed by atoms with Crippen LogP contribution in [0.3, 0.4) is 0 Å². The second kappa shape index (κ2) is 4.55. The molecule has 0 bridgehead atoms. The van der Waals surface area contributed by atoms with Gasteiger partial charge in [-0.15, -0.1) is 0 Å². The summed E-state index contributed by atoms with van der Waals surface area (Å²) < 4.78 is 42.4. The topological polar surface area (TPSA) is 83.8 Å². The Morgan fingerprint density at radius 1 is 1.17 bits per heavy atom. The third-order valence-electron chi connectivity index (χ3n) is 2.08. The zero-order valence-electron chi connectivity index (χ0n) is 8.91. The van der Waals surface area contributed by atoms with E-state index in [2.05, 4.69) is 4.74 Å². The summed E-state index contributed by atoms with van der Waals surface area (Å²) in [5.74, 6) is -4.29. The molecule has 0 saturated carbocycles. The van der Waals surface area contributed by atoms with Crippen molar-refractivity contribution in [1.29, 1.82) is 0 Å². The fraction of sp³-hybridized carbons (Fsp3) is 0.200. The minimum atomic E-state index is -4.92. The van der Waals surface area contributed by atoms with Gasteiger partial charge >= 0.3 is 18.1 Å². The molecule has 2 N–H and O–H groups in total. The van der Waals surface area contributed by atoms with Gasteiger partial charge in [-0.25, -0.2) is 9.59 Å². The van der Waals surface area contributed by atoms with Crippen molar-refractivity contribution in [3.05, 3.63) is 28.8 Å². The number of hydrogen-bond donors (Lipinski definition) is 2. The molecule has 0 fully saturated rings. The summed E-state index contributed by atoms with van der Waals surface area (Å²) in [4.78, 5) is 21.4. The molecule has 1 aromatic carbocycles. The molecule has 0 saturated heterocycles. The first-order valence-corrected chi connectivity index (χ1v) is 4.44. The number of ether oxygens (including phenoxy) is 1. The predicted octanol–water partition coefficient (Wildman–Crippen LogP) is 2.11. The maximum Gasteiger partial charge on any atom is 0.420 e. The van der Waals surface area contributed by atoms with Crippen LogP contribution in [0.5, 0.6) is 5.75 Å². The Balaban J connectivity index is 3.67. The molecule has 18 heavy (non-hydrogen) atoms. The molecule has 0 unspecified atom stereocenters. The number of carbonyl (C=O) groups is 2. The van der Waals surface area contributed by atoms with Crippen LogP contribution in [-0.2, 0) is 6.18 Å². The second-order valence-electron chi connectivity index (χ2n) is 3.21. The molecule has 0 amide bonds. The van der Waals surface area contributed by atoms with Crippen LogP contribution < -0.4 is 4.74 Å². The van der Waals surface area contributed by atoms with E-state index in [4.69, 9.17) is 10.2 Å². The van der Waals surface area contributed by atoms with Crippen LogP contribution in [0.25, 0.3) is 0 Å². The number of carboxylic acids is 2. The van der Waals surface area contributed by atoms with E-state index in [-0.39, 0.29) is 0 Å². The molecule has 1 rings (SSSR count). The van der Waals surface area contributed by atoms with Gasteiger partial charge in [-0.1, -0.05) is 0 Å². The molecule has 0 spiro atoms. The van der Waals surface area contributed by atoms with Crippen LogP contribution in [0.4, 0.5) is 13.2 Å². The Hall–Kier alpha value is -2.25. The van der Waals surface area contributed by atoms with Gasteiger partial charge in [0.25, 0.3) is 0 Å². The Kier molecular flexibility index (Phi) is 3.49. The van der Waals surface area contributed by atoms with E-state index < -0.39 is 40.6 Å². The van der Waals surface area contributed by atoms with Gasteiger partial charge in [-0.3, -0.25) is 0 Å². The van der Waals surface area contributed by atoms with Gasteiger partial charge in [-0.05, 0) is 12.1 Å².